The second-order valence-electron chi connectivity index (χ2n) is 10.5. The fourth-order valence-electron chi connectivity index (χ4n) is 5.16. The number of nitrogens with zero attached hydrogens (tertiary/aromatic N) is 4. The lowest BCUT2D eigenvalue weighted by atomic mass is 9.93. The smallest absolute Gasteiger partial charge is 0.393 e. The maximum Gasteiger partial charge on any atom is 0.425 e. The van der Waals surface area contributed by atoms with Gasteiger partial charge in [0.1, 0.15) is 17.5 Å². The van der Waals surface area contributed by atoms with Crippen LogP contribution < -0.4 is 15.1 Å². The molecule has 2 aromatic heterocycles. The molecule has 3 N–H and O–H groups in total. The van der Waals surface area contributed by atoms with E-state index in [4.69, 9.17) is 4.74 Å². The maximum absolute atomic E-state index is 13.7. The summed E-state index contributed by atoms with van der Waals surface area (Å²) in [5.74, 6) is 0.435. The van der Waals surface area contributed by atoms with E-state index in [1.807, 2.05) is 13.0 Å². The van der Waals surface area contributed by atoms with Crippen molar-refractivity contribution < 1.29 is 32.9 Å². The third kappa shape index (κ3) is 5.16. The van der Waals surface area contributed by atoms with E-state index in [2.05, 4.69) is 20.2 Å². The van der Waals surface area contributed by atoms with E-state index in [0.717, 1.165) is 31.7 Å². The van der Waals surface area contributed by atoms with Gasteiger partial charge in [0.2, 0.25) is 5.60 Å². The Labute approximate surface area is 218 Å². The Morgan fingerprint density at radius 3 is 2.47 bits per heavy atom. The molecule has 2 saturated heterocycles. The van der Waals surface area contributed by atoms with Crippen molar-refractivity contribution in [2.75, 3.05) is 54.5 Å². The number of piperidine rings is 1. The lowest BCUT2D eigenvalue weighted by Crippen LogP contribution is -2.46. The molecule has 5 rings (SSSR count). The van der Waals surface area contributed by atoms with Gasteiger partial charge in [0.15, 0.2) is 0 Å². The predicted octanol–water partition coefficient (Wildman–Crippen LogP) is 3.08. The second kappa shape index (κ2) is 9.97. The van der Waals surface area contributed by atoms with Crippen molar-refractivity contribution in [2.24, 2.45) is 5.41 Å². The SMILES string of the molecule is C[C@@H]1CN(c2cccc(NC(=O)c3ccc([C@@](O)(CO)C(F)(F)F)nc3N3CCC4(CC3)CC4)n2)CCO1. The zero-order valence-corrected chi connectivity index (χ0v) is 21.2. The number of nitrogens with one attached hydrogen (secondary N) is 1. The molecular weight excluding hydrogens is 503 g/mol. The van der Waals surface area contributed by atoms with Crippen molar-refractivity contribution in [1.29, 1.82) is 0 Å². The normalized spacial score (nSPS) is 22.7. The molecule has 1 saturated carbocycles. The highest BCUT2D eigenvalue weighted by Gasteiger charge is 2.56. The van der Waals surface area contributed by atoms with Crippen LogP contribution in [0.1, 0.15) is 48.7 Å². The van der Waals surface area contributed by atoms with Crippen LogP contribution >= 0.6 is 0 Å². The maximum atomic E-state index is 13.7. The molecule has 0 unspecified atom stereocenters. The van der Waals surface area contributed by atoms with Crippen molar-refractivity contribution in [2.45, 2.75) is 50.5 Å². The van der Waals surface area contributed by atoms with Crippen LogP contribution in [0.4, 0.5) is 30.6 Å². The molecule has 3 aliphatic rings. The van der Waals surface area contributed by atoms with Gasteiger partial charge in [-0.05, 0) is 62.3 Å². The molecule has 1 spiro atoms. The monoisotopic (exact) mass is 535 g/mol. The quantitative estimate of drug-likeness (QED) is 0.518. The minimum absolute atomic E-state index is 0.0459. The third-order valence-electron chi connectivity index (χ3n) is 7.86. The zero-order valence-electron chi connectivity index (χ0n) is 21.2. The number of amides is 1. The summed E-state index contributed by atoms with van der Waals surface area (Å²) in [4.78, 5) is 25.9. The molecule has 3 fully saturated rings. The minimum Gasteiger partial charge on any atom is -0.393 e. The van der Waals surface area contributed by atoms with Gasteiger partial charge in [-0.15, -0.1) is 0 Å². The molecule has 0 aromatic carbocycles. The number of anilines is 3. The van der Waals surface area contributed by atoms with E-state index in [0.29, 0.717) is 44.4 Å². The van der Waals surface area contributed by atoms with Crippen LogP contribution in [-0.2, 0) is 10.3 Å². The van der Waals surface area contributed by atoms with Crippen molar-refractivity contribution in [3.05, 3.63) is 41.6 Å². The first kappa shape index (κ1) is 26.6. The summed E-state index contributed by atoms with van der Waals surface area (Å²) in [6.07, 6.45) is -1.15. The van der Waals surface area contributed by atoms with Gasteiger partial charge in [-0.1, -0.05) is 6.07 Å². The highest BCUT2D eigenvalue weighted by molar-refractivity contribution is 6.07. The molecule has 9 nitrogen and oxygen atoms in total. The summed E-state index contributed by atoms with van der Waals surface area (Å²) >= 11 is 0. The number of carbonyl (C=O) groups is 1. The van der Waals surface area contributed by atoms with Crippen molar-refractivity contribution in [3.8, 4) is 0 Å². The number of halogens is 3. The number of rotatable bonds is 6. The number of aliphatic hydroxyl groups is 2. The Hall–Kier alpha value is -2.96. The molecule has 2 aliphatic heterocycles. The van der Waals surface area contributed by atoms with Crippen LogP contribution in [0.15, 0.2) is 30.3 Å². The standard InChI is InChI=1S/C26H32F3N5O4/c1-17-15-34(13-14-38-17)21-4-2-3-20(31-21)32-23(36)18-5-6-19(25(37,16-35)26(27,28)29)30-22(18)33-11-9-24(7-8-24)10-12-33/h2-6,17,35,37H,7-16H2,1H3,(H,31,32,36)/t17-,25+/m1/s1. The third-order valence-corrected chi connectivity index (χ3v) is 7.86. The molecule has 12 heteroatoms. The highest BCUT2D eigenvalue weighted by atomic mass is 19.4. The fourth-order valence-corrected chi connectivity index (χ4v) is 5.16. The van der Waals surface area contributed by atoms with Gasteiger partial charge in [-0.2, -0.15) is 13.2 Å². The van der Waals surface area contributed by atoms with E-state index < -0.39 is 30.0 Å². The topological polar surface area (TPSA) is 111 Å². The van der Waals surface area contributed by atoms with Crippen LogP contribution in [0.3, 0.4) is 0 Å². The average Bonchev–Trinajstić information content (AvgIpc) is 3.66. The number of hydrogen-bond acceptors (Lipinski definition) is 8. The summed E-state index contributed by atoms with van der Waals surface area (Å²) in [6.45, 7) is 3.33. The van der Waals surface area contributed by atoms with E-state index in [1.54, 1.807) is 17.0 Å². The van der Waals surface area contributed by atoms with Crippen molar-refractivity contribution in [3.63, 3.8) is 0 Å². The Morgan fingerprint density at radius 1 is 1.11 bits per heavy atom. The van der Waals surface area contributed by atoms with E-state index >= 15 is 0 Å². The van der Waals surface area contributed by atoms with Crippen LogP contribution in [0.2, 0.25) is 0 Å². The predicted molar refractivity (Wildman–Crippen MR) is 134 cm³/mol. The second-order valence-corrected chi connectivity index (χ2v) is 10.5. The number of hydrogen-bond donors (Lipinski definition) is 3. The summed E-state index contributed by atoms with van der Waals surface area (Å²) in [5, 5.41) is 22.5. The summed E-state index contributed by atoms with van der Waals surface area (Å²) < 4.78 is 46.6. The van der Waals surface area contributed by atoms with Crippen LogP contribution in [0.25, 0.3) is 0 Å². The fraction of sp³-hybridized carbons (Fsp3) is 0.577. The highest BCUT2D eigenvalue weighted by Crippen LogP contribution is 2.54. The molecule has 1 aliphatic carbocycles. The first-order valence-corrected chi connectivity index (χ1v) is 12.8. The average molecular weight is 536 g/mol. The molecule has 0 bridgehead atoms. The van der Waals surface area contributed by atoms with Gasteiger partial charge >= 0.3 is 6.18 Å². The number of aromatic nitrogens is 2. The van der Waals surface area contributed by atoms with E-state index in [1.165, 1.54) is 6.07 Å². The Morgan fingerprint density at radius 2 is 1.84 bits per heavy atom. The Kier molecular flexibility index (Phi) is 6.99. The lowest BCUT2D eigenvalue weighted by molar-refractivity contribution is -0.279. The molecule has 1 amide bonds. The summed E-state index contributed by atoms with van der Waals surface area (Å²) in [6, 6.07) is 7.40. The van der Waals surface area contributed by atoms with Crippen molar-refractivity contribution >= 4 is 23.4 Å². The molecule has 2 atom stereocenters. The number of pyridine rings is 2. The van der Waals surface area contributed by atoms with E-state index in [9.17, 15) is 28.2 Å². The van der Waals surface area contributed by atoms with Crippen molar-refractivity contribution in [1.82, 2.24) is 9.97 Å². The van der Waals surface area contributed by atoms with Crippen LogP contribution in [0, 0.1) is 5.41 Å². The Bertz CT molecular complexity index is 1180. The number of carbonyl (C=O) groups excluding carboxylic acids is 1. The number of aliphatic hydroxyl groups excluding tert-OH is 1. The van der Waals surface area contributed by atoms with Gasteiger partial charge < -0.3 is 30.1 Å². The first-order valence-electron chi connectivity index (χ1n) is 12.8. The largest absolute Gasteiger partial charge is 0.425 e. The van der Waals surface area contributed by atoms with Gasteiger partial charge in [0.05, 0.1) is 30.6 Å². The molecular formula is C26H32F3N5O4. The van der Waals surface area contributed by atoms with Gasteiger partial charge in [0.25, 0.3) is 5.91 Å². The van der Waals surface area contributed by atoms with Crippen LogP contribution in [-0.4, -0.2) is 77.8 Å². The van der Waals surface area contributed by atoms with Gasteiger partial charge in [0, 0.05) is 26.2 Å². The van der Waals surface area contributed by atoms with E-state index in [-0.39, 0.29) is 22.9 Å². The van der Waals surface area contributed by atoms with Gasteiger partial charge in [-0.25, -0.2) is 9.97 Å². The molecule has 2 aromatic rings. The van der Waals surface area contributed by atoms with Crippen LogP contribution in [0.5, 0.6) is 0 Å². The first-order chi connectivity index (χ1) is 18.0. The minimum atomic E-state index is -5.16. The van der Waals surface area contributed by atoms with Gasteiger partial charge in [-0.3, -0.25) is 4.79 Å². The number of morpholine rings is 1. The molecule has 38 heavy (non-hydrogen) atoms. The zero-order chi connectivity index (χ0) is 27.1. The summed E-state index contributed by atoms with van der Waals surface area (Å²) in [7, 11) is 0. The Balaban J connectivity index is 1.44. The number of ether oxygens (including phenoxy) is 1. The number of alkyl halides is 3. The molecule has 4 heterocycles. The molecule has 0 radical (unpaired) electrons. The summed E-state index contributed by atoms with van der Waals surface area (Å²) in [5.41, 5.74) is -3.95. The molecule has 206 valence electrons. The lowest BCUT2D eigenvalue weighted by Gasteiger charge is -2.35.